The minimum absolute atomic E-state index is 0.132. The van der Waals surface area contributed by atoms with Crippen molar-refractivity contribution in [2.75, 3.05) is 0 Å². The highest BCUT2D eigenvalue weighted by molar-refractivity contribution is 5.89. The van der Waals surface area contributed by atoms with Crippen molar-refractivity contribution < 1.29 is 19.8 Å². The molecule has 1 heterocycles. The van der Waals surface area contributed by atoms with Crippen molar-refractivity contribution in [3.8, 4) is 0 Å². The molecule has 0 radical (unpaired) electrons. The highest BCUT2D eigenvalue weighted by Gasteiger charge is 2.11. The van der Waals surface area contributed by atoms with Crippen molar-refractivity contribution >= 4 is 12.1 Å². The fraction of sp³-hybridized carbons (Fsp3) is 0. The lowest BCUT2D eigenvalue weighted by Crippen LogP contribution is -2.16. The molecule has 0 saturated carbocycles. The highest BCUT2D eigenvalue weighted by atomic mass is 16.4. The molecule has 0 saturated heterocycles. The lowest BCUT2D eigenvalue weighted by atomic mass is 10.3. The van der Waals surface area contributed by atoms with E-state index in [1.54, 1.807) is 0 Å². The third kappa shape index (κ3) is 2.12. The topological polar surface area (TPSA) is 103 Å². The Morgan fingerprint density at radius 2 is 2.08 bits per heavy atom. The molecular formula is C6H5N3O4. The molecule has 2 N–H and O–H groups in total. The first kappa shape index (κ1) is 8.91. The van der Waals surface area contributed by atoms with Crippen molar-refractivity contribution in [1.82, 2.24) is 5.01 Å². The van der Waals surface area contributed by atoms with Crippen molar-refractivity contribution in [1.29, 1.82) is 0 Å². The van der Waals surface area contributed by atoms with Crippen LogP contribution in [0, 0.1) is 0 Å². The van der Waals surface area contributed by atoms with E-state index in [1.807, 2.05) is 0 Å². The summed E-state index contributed by atoms with van der Waals surface area (Å²) in [6.07, 6.45) is 1.72. The summed E-state index contributed by atoms with van der Waals surface area (Å²) in [5.74, 6) is -1.19. The number of carboxylic acid groups (broad SMARTS) is 2. The van der Waals surface area contributed by atoms with Crippen molar-refractivity contribution in [2.45, 2.75) is 0 Å². The van der Waals surface area contributed by atoms with Gasteiger partial charge in [0, 0.05) is 6.20 Å². The number of carboxylic acids is 1. The molecule has 0 aliphatic carbocycles. The Hall–Kier alpha value is -2.18. The Bertz CT molecular complexity index is 331. The van der Waals surface area contributed by atoms with Crippen LogP contribution in [-0.2, 0) is 4.79 Å². The molecular weight excluding hydrogens is 178 g/mol. The van der Waals surface area contributed by atoms with Crippen molar-refractivity contribution in [3.63, 3.8) is 0 Å². The number of hydrogen-bond donors (Lipinski definition) is 2. The molecule has 0 fully saturated rings. The largest absolute Gasteiger partial charge is 0.478 e. The Labute approximate surface area is 72.3 Å². The van der Waals surface area contributed by atoms with Crippen molar-refractivity contribution in [2.24, 2.45) is 10.3 Å². The summed E-state index contributed by atoms with van der Waals surface area (Å²) in [7, 11) is 0. The summed E-state index contributed by atoms with van der Waals surface area (Å²) in [6, 6.07) is 0. The molecule has 1 rings (SSSR count). The van der Waals surface area contributed by atoms with Crippen LogP contribution < -0.4 is 0 Å². The van der Waals surface area contributed by atoms with Gasteiger partial charge in [0.2, 0.25) is 0 Å². The van der Waals surface area contributed by atoms with Gasteiger partial charge >= 0.3 is 12.1 Å². The van der Waals surface area contributed by atoms with Gasteiger partial charge in [-0.1, -0.05) is 5.22 Å². The Morgan fingerprint density at radius 3 is 2.62 bits per heavy atom. The van der Waals surface area contributed by atoms with Gasteiger partial charge in [-0.15, -0.1) is 5.11 Å². The molecule has 0 aromatic rings. The van der Waals surface area contributed by atoms with E-state index in [1.165, 1.54) is 0 Å². The average molecular weight is 183 g/mol. The van der Waals surface area contributed by atoms with E-state index in [9.17, 15) is 9.59 Å². The molecule has 0 unspecified atom stereocenters. The Balaban J connectivity index is 2.86. The molecule has 0 bridgehead atoms. The molecule has 7 heteroatoms. The number of rotatable bonds is 1. The van der Waals surface area contributed by atoms with Gasteiger partial charge in [-0.25, -0.2) is 9.59 Å². The number of amides is 1. The molecule has 1 amide bonds. The van der Waals surface area contributed by atoms with Crippen LogP contribution in [0.4, 0.5) is 4.79 Å². The summed E-state index contributed by atoms with van der Waals surface area (Å²) >= 11 is 0. The normalized spacial score (nSPS) is 15.1. The number of hydrogen-bond acceptors (Lipinski definition) is 4. The fourth-order valence-electron chi connectivity index (χ4n) is 0.596. The number of aliphatic carboxylic acids is 1. The predicted molar refractivity (Wildman–Crippen MR) is 39.6 cm³/mol. The lowest BCUT2D eigenvalue weighted by molar-refractivity contribution is -0.132. The standard InChI is InChI=1S/C6H5N3O4/c10-5(11)4-1-2-9(6(12)13)8-7-3-4/h1-3H,(H,10,11)(H,12,13). The molecule has 0 atom stereocenters. The molecule has 1 aliphatic rings. The molecule has 0 aromatic heterocycles. The maximum Gasteiger partial charge on any atom is 0.433 e. The summed E-state index contributed by atoms with van der Waals surface area (Å²) in [5, 5.41) is 23.9. The third-order valence-electron chi connectivity index (χ3n) is 1.18. The van der Waals surface area contributed by atoms with Gasteiger partial charge in [0.1, 0.15) is 0 Å². The van der Waals surface area contributed by atoms with E-state index in [0.717, 1.165) is 18.5 Å². The molecule has 13 heavy (non-hydrogen) atoms. The average Bonchev–Trinajstić information content (AvgIpc) is 2.27. The van der Waals surface area contributed by atoms with Gasteiger partial charge in [-0.3, -0.25) is 0 Å². The minimum Gasteiger partial charge on any atom is -0.478 e. The number of carbonyl (C=O) groups is 2. The van der Waals surface area contributed by atoms with E-state index in [-0.39, 0.29) is 5.57 Å². The molecule has 1 aliphatic heterocycles. The van der Waals surface area contributed by atoms with Gasteiger partial charge < -0.3 is 10.2 Å². The lowest BCUT2D eigenvalue weighted by Gasteiger charge is -2.01. The first-order chi connectivity index (χ1) is 6.11. The van der Waals surface area contributed by atoms with Crippen LogP contribution in [0.5, 0.6) is 0 Å². The monoisotopic (exact) mass is 183 g/mol. The van der Waals surface area contributed by atoms with Crippen LogP contribution in [0.15, 0.2) is 34.4 Å². The number of nitrogens with zero attached hydrogens (tertiary/aromatic N) is 3. The van der Waals surface area contributed by atoms with Crippen LogP contribution in [0.25, 0.3) is 0 Å². The molecule has 0 aromatic carbocycles. The van der Waals surface area contributed by atoms with Crippen LogP contribution in [0.3, 0.4) is 0 Å². The van der Waals surface area contributed by atoms with E-state index >= 15 is 0 Å². The molecule has 7 nitrogen and oxygen atoms in total. The fourth-order valence-corrected chi connectivity index (χ4v) is 0.596. The second kappa shape index (κ2) is 3.48. The predicted octanol–water partition coefficient (Wildman–Crippen LogP) is 0.829. The summed E-state index contributed by atoms with van der Waals surface area (Å²) in [5.41, 5.74) is -0.132. The quantitative estimate of drug-likeness (QED) is 0.628. The first-order valence-corrected chi connectivity index (χ1v) is 3.16. The zero-order valence-corrected chi connectivity index (χ0v) is 6.28. The smallest absolute Gasteiger partial charge is 0.433 e. The van der Waals surface area contributed by atoms with Crippen LogP contribution >= 0.6 is 0 Å². The Kier molecular flexibility index (Phi) is 2.38. The third-order valence-corrected chi connectivity index (χ3v) is 1.18. The summed E-state index contributed by atoms with van der Waals surface area (Å²) in [6.45, 7) is 0. The van der Waals surface area contributed by atoms with E-state index in [4.69, 9.17) is 10.2 Å². The SMILES string of the molecule is O=C(O)C1=CN=NN(C(=O)O)C=C1. The van der Waals surface area contributed by atoms with Crippen LogP contribution in [0.1, 0.15) is 0 Å². The summed E-state index contributed by atoms with van der Waals surface area (Å²) in [4.78, 5) is 20.7. The first-order valence-electron chi connectivity index (χ1n) is 3.16. The summed E-state index contributed by atoms with van der Waals surface area (Å²) < 4.78 is 0. The van der Waals surface area contributed by atoms with Gasteiger partial charge in [0.25, 0.3) is 0 Å². The highest BCUT2D eigenvalue weighted by Crippen LogP contribution is 2.06. The van der Waals surface area contributed by atoms with E-state index < -0.39 is 12.1 Å². The molecule has 0 spiro atoms. The second-order valence-corrected chi connectivity index (χ2v) is 2.04. The van der Waals surface area contributed by atoms with E-state index in [0.29, 0.717) is 5.01 Å². The van der Waals surface area contributed by atoms with Gasteiger partial charge in [0.05, 0.1) is 11.8 Å². The van der Waals surface area contributed by atoms with E-state index in [2.05, 4.69) is 10.3 Å². The maximum atomic E-state index is 10.4. The zero-order chi connectivity index (χ0) is 9.84. The zero-order valence-electron chi connectivity index (χ0n) is 6.28. The van der Waals surface area contributed by atoms with Gasteiger partial charge in [0.15, 0.2) is 0 Å². The Morgan fingerprint density at radius 1 is 1.38 bits per heavy atom. The van der Waals surface area contributed by atoms with Crippen LogP contribution in [-0.4, -0.2) is 27.3 Å². The second-order valence-electron chi connectivity index (χ2n) is 2.04. The maximum absolute atomic E-state index is 10.4. The molecule has 68 valence electrons. The van der Waals surface area contributed by atoms with Gasteiger partial charge in [-0.2, -0.15) is 5.01 Å². The van der Waals surface area contributed by atoms with Crippen molar-refractivity contribution in [3.05, 3.63) is 24.0 Å². The minimum atomic E-state index is -1.33. The van der Waals surface area contributed by atoms with Crippen LogP contribution in [0.2, 0.25) is 0 Å². The van der Waals surface area contributed by atoms with Gasteiger partial charge in [-0.05, 0) is 6.08 Å².